The van der Waals surface area contributed by atoms with Crippen LogP contribution in [0.5, 0.6) is 0 Å². The third-order valence-corrected chi connectivity index (χ3v) is 4.31. The van der Waals surface area contributed by atoms with Crippen LogP contribution in [0.15, 0.2) is 36.4 Å². The van der Waals surface area contributed by atoms with Crippen molar-refractivity contribution in [3.05, 3.63) is 58.7 Å². The van der Waals surface area contributed by atoms with E-state index in [4.69, 9.17) is 4.74 Å². The summed E-state index contributed by atoms with van der Waals surface area (Å²) in [6, 6.07) is 11.9. The summed E-state index contributed by atoms with van der Waals surface area (Å²) in [5.74, 6) is 0.543. The number of esters is 1. The molecule has 0 amide bonds. The maximum absolute atomic E-state index is 11.9. The van der Waals surface area contributed by atoms with Gasteiger partial charge in [-0.1, -0.05) is 18.2 Å². The molecule has 5 heteroatoms. The van der Waals surface area contributed by atoms with Crippen LogP contribution in [0.1, 0.15) is 27.0 Å². The summed E-state index contributed by atoms with van der Waals surface area (Å²) < 4.78 is 4.88. The summed E-state index contributed by atoms with van der Waals surface area (Å²) in [6.45, 7) is 3.45. The molecule has 3 aromatic rings. The van der Waals surface area contributed by atoms with Crippen molar-refractivity contribution >= 4 is 23.0 Å². The fourth-order valence-corrected chi connectivity index (χ4v) is 3.13. The molecule has 4 rings (SSSR count). The highest BCUT2D eigenvalue weighted by molar-refractivity contribution is 5.92. The van der Waals surface area contributed by atoms with E-state index in [0.717, 1.165) is 34.7 Å². The molecule has 2 aromatic carbocycles. The summed E-state index contributed by atoms with van der Waals surface area (Å²) >= 11 is 0. The van der Waals surface area contributed by atoms with Crippen molar-refractivity contribution in [1.29, 1.82) is 0 Å². The van der Waals surface area contributed by atoms with Gasteiger partial charge in [-0.2, -0.15) is 0 Å². The highest BCUT2D eigenvalue weighted by Gasteiger charge is 2.26. The van der Waals surface area contributed by atoms with Crippen molar-refractivity contribution < 1.29 is 9.53 Å². The number of hydrogen-bond donors (Lipinski definition) is 1. The first-order valence-corrected chi connectivity index (χ1v) is 7.56. The van der Waals surface area contributed by atoms with Gasteiger partial charge in [-0.25, -0.2) is 9.78 Å². The van der Waals surface area contributed by atoms with Crippen LogP contribution in [0.2, 0.25) is 0 Å². The lowest BCUT2D eigenvalue weighted by Crippen LogP contribution is -2.16. The largest absolute Gasteiger partial charge is 0.465 e. The molecule has 1 aliphatic heterocycles. The number of nitrogens with zero attached hydrogens (tertiary/aromatic N) is 2. The lowest BCUT2D eigenvalue weighted by molar-refractivity contribution is 0.0599. The van der Waals surface area contributed by atoms with Gasteiger partial charge >= 0.3 is 5.97 Å². The van der Waals surface area contributed by atoms with E-state index in [0.29, 0.717) is 12.1 Å². The van der Waals surface area contributed by atoms with Crippen molar-refractivity contribution in [2.24, 2.45) is 0 Å². The molecule has 0 radical (unpaired) electrons. The summed E-state index contributed by atoms with van der Waals surface area (Å²) in [5.41, 5.74) is 5.99. The molecular formula is C18H17N3O2. The summed E-state index contributed by atoms with van der Waals surface area (Å²) in [6.07, 6.45) is 0. The number of imidazole rings is 1. The van der Waals surface area contributed by atoms with E-state index in [1.165, 1.54) is 12.7 Å². The van der Waals surface area contributed by atoms with Crippen molar-refractivity contribution in [3.8, 4) is 0 Å². The first kappa shape index (κ1) is 13.8. The Hall–Kier alpha value is -2.82. The van der Waals surface area contributed by atoms with Gasteiger partial charge in [0.05, 0.1) is 23.7 Å². The number of aromatic amines is 1. The van der Waals surface area contributed by atoms with Crippen LogP contribution in [0.25, 0.3) is 11.0 Å². The quantitative estimate of drug-likeness (QED) is 0.739. The minimum Gasteiger partial charge on any atom is -0.465 e. The summed E-state index contributed by atoms with van der Waals surface area (Å²) in [7, 11) is 1.41. The number of ether oxygens (including phenoxy) is 1. The average Bonchev–Trinajstić information content (AvgIpc) is 3.16. The van der Waals surface area contributed by atoms with Gasteiger partial charge < -0.3 is 14.6 Å². The van der Waals surface area contributed by atoms with Crippen molar-refractivity contribution in [2.45, 2.75) is 20.0 Å². The Kier molecular flexibility index (Phi) is 3.08. The van der Waals surface area contributed by atoms with E-state index < -0.39 is 0 Å². The van der Waals surface area contributed by atoms with Crippen LogP contribution >= 0.6 is 0 Å². The zero-order valence-electron chi connectivity index (χ0n) is 13.1. The van der Waals surface area contributed by atoms with Gasteiger partial charge in [0, 0.05) is 13.1 Å². The van der Waals surface area contributed by atoms with E-state index in [2.05, 4.69) is 40.0 Å². The van der Waals surface area contributed by atoms with Crippen LogP contribution in [-0.2, 0) is 17.8 Å². The van der Waals surface area contributed by atoms with Gasteiger partial charge in [-0.15, -0.1) is 0 Å². The lowest BCUT2D eigenvalue weighted by atomic mass is 10.0. The molecule has 1 aliphatic rings. The van der Waals surface area contributed by atoms with Gasteiger partial charge in [0.2, 0.25) is 5.95 Å². The molecule has 2 heterocycles. The van der Waals surface area contributed by atoms with E-state index in [-0.39, 0.29) is 5.97 Å². The third kappa shape index (κ3) is 2.25. The SMILES string of the molecule is COC(=O)c1cccc2c1CN(c1nc3ccc(C)cc3[nH]1)C2. The summed E-state index contributed by atoms with van der Waals surface area (Å²) in [4.78, 5) is 22.1. The van der Waals surface area contributed by atoms with Crippen LogP contribution in [0.3, 0.4) is 0 Å². The minimum absolute atomic E-state index is 0.288. The number of carbonyl (C=O) groups is 1. The molecule has 0 bridgehead atoms. The molecular weight excluding hydrogens is 290 g/mol. The van der Waals surface area contributed by atoms with Crippen LogP contribution in [0.4, 0.5) is 5.95 Å². The van der Waals surface area contributed by atoms with Gasteiger partial charge in [-0.3, -0.25) is 0 Å². The molecule has 0 saturated carbocycles. The number of fused-ring (bicyclic) bond motifs is 2. The molecule has 23 heavy (non-hydrogen) atoms. The number of benzene rings is 2. The normalized spacial score (nSPS) is 13.4. The van der Waals surface area contributed by atoms with Crippen molar-refractivity contribution in [2.75, 3.05) is 12.0 Å². The number of carbonyl (C=O) groups excluding carboxylic acids is 1. The van der Waals surface area contributed by atoms with Crippen molar-refractivity contribution in [1.82, 2.24) is 9.97 Å². The molecule has 1 aromatic heterocycles. The Bertz CT molecular complexity index is 914. The van der Waals surface area contributed by atoms with Gasteiger partial charge in [-0.05, 0) is 41.8 Å². The fraction of sp³-hybridized carbons (Fsp3) is 0.222. The Morgan fingerprint density at radius 1 is 1.26 bits per heavy atom. The number of rotatable bonds is 2. The van der Waals surface area contributed by atoms with Gasteiger partial charge in [0.1, 0.15) is 0 Å². The van der Waals surface area contributed by atoms with Gasteiger partial charge in [0.15, 0.2) is 0 Å². The Labute approximate surface area is 133 Å². The molecule has 116 valence electrons. The van der Waals surface area contributed by atoms with E-state index in [1.54, 1.807) is 0 Å². The highest BCUT2D eigenvalue weighted by Crippen LogP contribution is 2.30. The molecule has 0 fully saturated rings. The van der Waals surface area contributed by atoms with E-state index >= 15 is 0 Å². The molecule has 0 unspecified atom stereocenters. The lowest BCUT2D eigenvalue weighted by Gasteiger charge is -2.13. The van der Waals surface area contributed by atoms with Crippen molar-refractivity contribution in [3.63, 3.8) is 0 Å². The number of aromatic nitrogens is 2. The molecule has 5 nitrogen and oxygen atoms in total. The van der Waals surface area contributed by atoms with E-state index in [9.17, 15) is 4.79 Å². The number of anilines is 1. The smallest absolute Gasteiger partial charge is 0.338 e. The highest BCUT2D eigenvalue weighted by atomic mass is 16.5. The maximum Gasteiger partial charge on any atom is 0.338 e. The van der Waals surface area contributed by atoms with Crippen LogP contribution < -0.4 is 4.90 Å². The topological polar surface area (TPSA) is 58.2 Å². The monoisotopic (exact) mass is 307 g/mol. The predicted octanol–water partition coefficient (Wildman–Crippen LogP) is 3.18. The standard InChI is InChI=1S/C18H17N3O2/c1-11-6-7-15-16(8-11)20-18(19-15)21-9-12-4-3-5-13(14(12)10-21)17(22)23-2/h3-8H,9-10H2,1-2H3,(H,19,20). The number of hydrogen-bond acceptors (Lipinski definition) is 4. The average molecular weight is 307 g/mol. The molecule has 1 N–H and O–H groups in total. The third-order valence-electron chi connectivity index (χ3n) is 4.31. The zero-order valence-corrected chi connectivity index (χ0v) is 13.1. The number of H-pyrrole nitrogens is 1. The fourth-order valence-electron chi connectivity index (χ4n) is 3.13. The second kappa shape index (κ2) is 5.12. The number of nitrogens with one attached hydrogen (secondary N) is 1. The molecule has 0 aliphatic carbocycles. The van der Waals surface area contributed by atoms with E-state index in [1.807, 2.05) is 18.2 Å². The first-order valence-electron chi connectivity index (χ1n) is 7.56. The van der Waals surface area contributed by atoms with Crippen LogP contribution in [-0.4, -0.2) is 23.0 Å². The predicted molar refractivity (Wildman–Crippen MR) is 88.5 cm³/mol. The Morgan fingerprint density at radius 3 is 2.96 bits per heavy atom. The molecule has 0 saturated heterocycles. The maximum atomic E-state index is 11.9. The summed E-state index contributed by atoms with van der Waals surface area (Å²) in [5, 5.41) is 0. The molecule has 0 spiro atoms. The minimum atomic E-state index is -0.288. The molecule has 0 atom stereocenters. The van der Waals surface area contributed by atoms with Gasteiger partial charge in [0.25, 0.3) is 0 Å². The number of methoxy groups -OCH3 is 1. The first-order chi connectivity index (χ1) is 11.2. The Morgan fingerprint density at radius 2 is 2.13 bits per heavy atom. The van der Waals surface area contributed by atoms with Crippen LogP contribution in [0, 0.1) is 6.92 Å². The number of aryl methyl sites for hydroxylation is 1. The second-order valence-corrected chi connectivity index (χ2v) is 5.87. The Balaban J connectivity index is 1.70. The zero-order chi connectivity index (χ0) is 16.0. The second-order valence-electron chi connectivity index (χ2n) is 5.87.